The zero-order valence-electron chi connectivity index (χ0n) is 11.2. The zero-order chi connectivity index (χ0) is 13.0. The maximum absolute atomic E-state index is 5.92. The van der Waals surface area contributed by atoms with Crippen molar-refractivity contribution in [3.05, 3.63) is 11.9 Å². The minimum Gasteiger partial charge on any atom is -0.383 e. The second-order valence-corrected chi connectivity index (χ2v) is 4.59. The van der Waals surface area contributed by atoms with Crippen molar-refractivity contribution in [3.63, 3.8) is 0 Å². The minimum atomic E-state index is 0.325. The molecule has 0 aromatic carbocycles. The summed E-state index contributed by atoms with van der Waals surface area (Å²) < 4.78 is 5.69. The third-order valence-corrected chi connectivity index (χ3v) is 3.44. The van der Waals surface area contributed by atoms with Crippen LogP contribution in [-0.2, 0) is 11.2 Å². The molecule has 18 heavy (non-hydrogen) atoms. The third-order valence-electron chi connectivity index (χ3n) is 3.44. The molecule has 1 aromatic heterocycles. The number of likely N-dealkylation sites (N-methyl/N-ethyl adjacent to an activating group) is 1. The van der Waals surface area contributed by atoms with E-state index in [-0.39, 0.29) is 0 Å². The summed E-state index contributed by atoms with van der Waals surface area (Å²) in [6.07, 6.45) is 5.02. The summed E-state index contributed by atoms with van der Waals surface area (Å²) in [5.74, 6) is 1.55. The van der Waals surface area contributed by atoms with Crippen molar-refractivity contribution in [1.29, 1.82) is 0 Å². The van der Waals surface area contributed by atoms with E-state index in [0.29, 0.717) is 11.9 Å². The molecule has 5 nitrogen and oxygen atoms in total. The summed E-state index contributed by atoms with van der Waals surface area (Å²) in [6.45, 7) is 6.89. The number of nitrogens with two attached hydrogens (primary N) is 1. The Kier molecular flexibility index (Phi) is 4.36. The zero-order valence-corrected chi connectivity index (χ0v) is 11.2. The van der Waals surface area contributed by atoms with Gasteiger partial charge in [0.25, 0.3) is 0 Å². The molecule has 1 aromatic rings. The molecule has 0 spiro atoms. The molecule has 1 unspecified atom stereocenters. The molecule has 1 saturated heterocycles. The largest absolute Gasteiger partial charge is 0.383 e. The second kappa shape index (κ2) is 6.00. The van der Waals surface area contributed by atoms with E-state index in [0.717, 1.165) is 50.3 Å². The van der Waals surface area contributed by atoms with Crippen molar-refractivity contribution in [2.75, 3.05) is 30.3 Å². The fourth-order valence-corrected chi connectivity index (χ4v) is 2.43. The lowest BCUT2D eigenvalue weighted by atomic mass is 10.2. The quantitative estimate of drug-likeness (QED) is 0.860. The van der Waals surface area contributed by atoms with Gasteiger partial charge in [0.15, 0.2) is 0 Å². The molecular weight excluding hydrogens is 228 g/mol. The number of aromatic nitrogens is 2. The summed E-state index contributed by atoms with van der Waals surface area (Å²) in [4.78, 5) is 10.7. The highest BCUT2D eigenvalue weighted by Crippen LogP contribution is 2.23. The van der Waals surface area contributed by atoms with Crippen molar-refractivity contribution < 1.29 is 4.74 Å². The van der Waals surface area contributed by atoms with E-state index in [1.807, 2.05) is 0 Å². The maximum Gasteiger partial charge on any atom is 0.137 e. The molecule has 1 aliphatic heterocycles. The Bertz CT molecular complexity index is 391. The summed E-state index contributed by atoms with van der Waals surface area (Å²) in [5, 5.41) is 0. The first kappa shape index (κ1) is 13.1. The molecule has 1 fully saturated rings. The van der Waals surface area contributed by atoms with Crippen LogP contribution < -0.4 is 10.6 Å². The van der Waals surface area contributed by atoms with E-state index in [1.165, 1.54) is 0 Å². The molecule has 0 aliphatic carbocycles. The molecule has 2 rings (SSSR count). The average molecular weight is 250 g/mol. The molecule has 0 amide bonds. The molecule has 100 valence electrons. The molecule has 5 heteroatoms. The van der Waals surface area contributed by atoms with Gasteiger partial charge < -0.3 is 15.4 Å². The van der Waals surface area contributed by atoms with Gasteiger partial charge in [0, 0.05) is 25.3 Å². The van der Waals surface area contributed by atoms with Crippen molar-refractivity contribution in [1.82, 2.24) is 9.97 Å². The van der Waals surface area contributed by atoms with Crippen LogP contribution in [0.5, 0.6) is 0 Å². The Hall–Kier alpha value is -1.36. The Labute approximate surface area is 108 Å². The predicted molar refractivity (Wildman–Crippen MR) is 72.7 cm³/mol. The molecule has 2 N–H and O–H groups in total. The number of rotatable bonds is 5. The molecular formula is C13H22N4O. The maximum atomic E-state index is 5.92. The van der Waals surface area contributed by atoms with Crippen LogP contribution in [0.25, 0.3) is 0 Å². The smallest absolute Gasteiger partial charge is 0.137 e. The summed E-state index contributed by atoms with van der Waals surface area (Å²) in [5.41, 5.74) is 6.96. The van der Waals surface area contributed by atoms with Gasteiger partial charge in [-0.25, -0.2) is 9.97 Å². The minimum absolute atomic E-state index is 0.325. The predicted octanol–water partition coefficient (Wildman–Crippen LogP) is 1.63. The van der Waals surface area contributed by atoms with E-state index in [1.54, 1.807) is 6.33 Å². The molecule has 0 saturated carbocycles. The van der Waals surface area contributed by atoms with Gasteiger partial charge >= 0.3 is 0 Å². The second-order valence-electron chi connectivity index (χ2n) is 4.59. The van der Waals surface area contributed by atoms with E-state index >= 15 is 0 Å². The third kappa shape index (κ3) is 2.72. The number of nitrogen functional groups attached to an aromatic ring is 1. The highest BCUT2D eigenvalue weighted by atomic mass is 16.5. The van der Waals surface area contributed by atoms with Crippen molar-refractivity contribution >= 4 is 11.6 Å². The van der Waals surface area contributed by atoms with Crippen LogP contribution in [0.15, 0.2) is 6.33 Å². The van der Waals surface area contributed by atoms with Gasteiger partial charge in [0.05, 0.1) is 6.10 Å². The van der Waals surface area contributed by atoms with Crippen molar-refractivity contribution in [3.8, 4) is 0 Å². The molecule has 1 atom stereocenters. The van der Waals surface area contributed by atoms with Gasteiger partial charge in [-0.2, -0.15) is 0 Å². The molecule has 1 aliphatic rings. The number of anilines is 2. The first-order valence-electron chi connectivity index (χ1n) is 6.72. The lowest BCUT2D eigenvalue weighted by Crippen LogP contribution is -2.33. The topological polar surface area (TPSA) is 64.3 Å². The van der Waals surface area contributed by atoms with Gasteiger partial charge in [-0.1, -0.05) is 6.92 Å². The number of hydrogen-bond acceptors (Lipinski definition) is 5. The first-order chi connectivity index (χ1) is 8.76. The number of ether oxygens (including phenoxy) is 1. The van der Waals surface area contributed by atoms with Gasteiger partial charge in [0.2, 0.25) is 0 Å². The Morgan fingerprint density at radius 3 is 2.89 bits per heavy atom. The highest BCUT2D eigenvalue weighted by Gasteiger charge is 2.21. The van der Waals surface area contributed by atoms with Crippen molar-refractivity contribution in [2.24, 2.45) is 0 Å². The summed E-state index contributed by atoms with van der Waals surface area (Å²) in [6, 6.07) is 0. The molecule has 2 heterocycles. The van der Waals surface area contributed by atoms with Gasteiger partial charge in [-0.05, 0) is 26.2 Å². The average Bonchev–Trinajstić information content (AvgIpc) is 2.88. The van der Waals surface area contributed by atoms with E-state index in [2.05, 4.69) is 28.7 Å². The number of hydrogen-bond donors (Lipinski definition) is 1. The standard InChI is InChI=1S/C13H22N4O/c1-3-11-12(14)15-9-16-13(11)17(4-2)8-10-6-5-7-18-10/h9-10H,3-8H2,1-2H3,(H2,14,15,16). The van der Waals surface area contributed by atoms with E-state index in [9.17, 15) is 0 Å². The van der Waals surface area contributed by atoms with E-state index < -0.39 is 0 Å². The van der Waals surface area contributed by atoms with Crippen molar-refractivity contribution in [2.45, 2.75) is 39.2 Å². The van der Waals surface area contributed by atoms with Crippen LogP contribution in [0.4, 0.5) is 11.6 Å². The van der Waals surface area contributed by atoms with Gasteiger partial charge in [-0.15, -0.1) is 0 Å². The van der Waals surface area contributed by atoms with Crippen LogP contribution in [0.2, 0.25) is 0 Å². The van der Waals surface area contributed by atoms with Crippen LogP contribution in [-0.4, -0.2) is 35.8 Å². The fraction of sp³-hybridized carbons (Fsp3) is 0.692. The van der Waals surface area contributed by atoms with Gasteiger partial charge in [0.1, 0.15) is 18.0 Å². The lowest BCUT2D eigenvalue weighted by Gasteiger charge is -2.26. The summed E-state index contributed by atoms with van der Waals surface area (Å²) >= 11 is 0. The molecule has 0 radical (unpaired) electrons. The first-order valence-corrected chi connectivity index (χ1v) is 6.72. The van der Waals surface area contributed by atoms with Gasteiger partial charge in [-0.3, -0.25) is 0 Å². The normalized spacial score (nSPS) is 19.1. The van der Waals surface area contributed by atoms with E-state index in [4.69, 9.17) is 10.5 Å². The lowest BCUT2D eigenvalue weighted by molar-refractivity contribution is 0.115. The SMILES string of the molecule is CCc1c(N)ncnc1N(CC)CC1CCCO1. The Morgan fingerprint density at radius 1 is 1.44 bits per heavy atom. The van der Waals surface area contributed by atoms with Crippen LogP contribution in [0, 0.1) is 0 Å². The summed E-state index contributed by atoms with van der Waals surface area (Å²) in [7, 11) is 0. The number of nitrogens with zero attached hydrogens (tertiary/aromatic N) is 3. The Morgan fingerprint density at radius 2 is 2.28 bits per heavy atom. The Balaban J connectivity index is 2.18. The molecule has 0 bridgehead atoms. The highest BCUT2D eigenvalue weighted by molar-refractivity contribution is 5.56. The van der Waals surface area contributed by atoms with Crippen LogP contribution in [0.3, 0.4) is 0 Å². The van der Waals surface area contributed by atoms with Crippen LogP contribution >= 0.6 is 0 Å². The fourth-order valence-electron chi connectivity index (χ4n) is 2.43. The van der Waals surface area contributed by atoms with Crippen LogP contribution in [0.1, 0.15) is 32.3 Å². The monoisotopic (exact) mass is 250 g/mol.